The zero-order valence-electron chi connectivity index (χ0n) is 10.4. The van der Waals surface area contributed by atoms with Crippen LogP contribution in [0.4, 0.5) is 8.78 Å². The van der Waals surface area contributed by atoms with Crippen LogP contribution in [0.5, 0.6) is 5.75 Å². The van der Waals surface area contributed by atoms with Crippen LogP contribution in [0.25, 0.3) is 0 Å². The van der Waals surface area contributed by atoms with Gasteiger partial charge in [-0.1, -0.05) is 30.1 Å². The molecular weight excluding hydrogens is 295 g/mol. The highest BCUT2D eigenvalue weighted by molar-refractivity contribution is 6.36. The molecule has 0 saturated heterocycles. The van der Waals surface area contributed by atoms with Crippen LogP contribution in [0.15, 0.2) is 22.7 Å². The zero-order chi connectivity index (χ0) is 14.4. The molecule has 2 nitrogen and oxygen atoms in total. The van der Waals surface area contributed by atoms with E-state index in [2.05, 4.69) is 0 Å². The van der Waals surface area contributed by atoms with Crippen molar-refractivity contribution >= 4 is 23.2 Å². The second kappa shape index (κ2) is 7.68. The number of hydrogen-bond acceptors (Lipinski definition) is 2. The molecule has 19 heavy (non-hydrogen) atoms. The highest BCUT2D eigenvalue weighted by Crippen LogP contribution is 2.25. The molecule has 0 aliphatic carbocycles. The molecule has 1 unspecified atom stereocenters. The summed E-state index contributed by atoms with van der Waals surface area (Å²) in [5, 5.41) is 0.151. The first kappa shape index (κ1) is 16.2. The largest absolute Gasteiger partial charge is 0.482 e. The number of benzene rings is 1. The minimum Gasteiger partial charge on any atom is -0.482 e. The van der Waals surface area contributed by atoms with Gasteiger partial charge < -0.3 is 10.5 Å². The third-order valence-corrected chi connectivity index (χ3v) is 3.15. The fourth-order valence-electron chi connectivity index (χ4n) is 1.49. The lowest BCUT2D eigenvalue weighted by molar-refractivity contribution is 0.317. The summed E-state index contributed by atoms with van der Waals surface area (Å²) in [5.74, 6) is -2.03. The van der Waals surface area contributed by atoms with Gasteiger partial charge in [-0.15, -0.1) is 0 Å². The van der Waals surface area contributed by atoms with Crippen LogP contribution in [0.2, 0.25) is 0 Å². The molecule has 106 valence electrons. The first-order chi connectivity index (χ1) is 8.97. The maximum Gasteiger partial charge on any atom is 0.191 e. The first-order valence-corrected chi connectivity index (χ1v) is 6.60. The molecule has 0 aliphatic rings. The van der Waals surface area contributed by atoms with Crippen molar-refractivity contribution in [2.75, 3.05) is 6.61 Å². The standard InChI is InChI=1S/C13H15Cl2F2NO/c1-2-10(18)3-8-4-11(16)13(12(17)5-8)19-7-9(15)6-14/h4-6,10H,2-3,7,18H2,1H3. The van der Waals surface area contributed by atoms with Crippen molar-refractivity contribution in [3.8, 4) is 5.75 Å². The maximum absolute atomic E-state index is 13.7. The van der Waals surface area contributed by atoms with Crippen LogP contribution in [0.3, 0.4) is 0 Å². The van der Waals surface area contributed by atoms with Gasteiger partial charge >= 0.3 is 0 Å². The van der Waals surface area contributed by atoms with Gasteiger partial charge in [-0.25, -0.2) is 8.78 Å². The van der Waals surface area contributed by atoms with Crippen LogP contribution >= 0.6 is 23.2 Å². The van der Waals surface area contributed by atoms with Crippen molar-refractivity contribution in [2.24, 2.45) is 5.73 Å². The van der Waals surface area contributed by atoms with Gasteiger partial charge in [0.25, 0.3) is 0 Å². The van der Waals surface area contributed by atoms with Crippen molar-refractivity contribution in [1.82, 2.24) is 0 Å². The van der Waals surface area contributed by atoms with E-state index in [-0.39, 0.29) is 17.7 Å². The summed E-state index contributed by atoms with van der Waals surface area (Å²) in [6.07, 6.45) is 1.14. The van der Waals surface area contributed by atoms with E-state index >= 15 is 0 Å². The third kappa shape index (κ3) is 4.97. The van der Waals surface area contributed by atoms with E-state index in [4.69, 9.17) is 33.7 Å². The van der Waals surface area contributed by atoms with Crippen molar-refractivity contribution < 1.29 is 13.5 Å². The highest BCUT2D eigenvalue weighted by atomic mass is 35.5. The predicted octanol–water partition coefficient (Wildman–Crippen LogP) is 3.94. The zero-order valence-corrected chi connectivity index (χ0v) is 11.9. The quantitative estimate of drug-likeness (QED) is 0.863. The minimum atomic E-state index is -0.780. The average molecular weight is 310 g/mol. The molecule has 6 heteroatoms. The van der Waals surface area contributed by atoms with Crippen molar-refractivity contribution in [3.63, 3.8) is 0 Å². The van der Waals surface area contributed by atoms with Gasteiger partial charge in [-0.2, -0.15) is 0 Å². The third-order valence-electron chi connectivity index (χ3n) is 2.55. The second-order valence-electron chi connectivity index (χ2n) is 4.11. The Morgan fingerprint density at radius 2 is 2.00 bits per heavy atom. The van der Waals surface area contributed by atoms with Gasteiger partial charge in [0, 0.05) is 11.6 Å². The molecule has 0 fully saturated rings. The summed E-state index contributed by atoms with van der Waals surface area (Å²) < 4.78 is 32.4. The molecule has 0 aliphatic heterocycles. The Labute approximate surface area is 121 Å². The van der Waals surface area contributed by atoms with E-state index in [1.165, 1.54) is 12.1 Å². The smallest absolute Gasteiger partial charge is 0.191 e. The van der Waals surface area contributed by atoms with Gasteiger partial charge in [-0.05, 0) is 30.5 Å². The monoisotopic (exact) mass is 309 g/mol. The summed E-state index contributed by atoms with van der Waals surface area (Å²) in [6, 6.07) is 2.30. The lowest BCUT2D eigenvalue weighted by Gasteiger charge is -2.12. The van der Waals surface area contributed by atoms with Crippen molar-refractivity contribution in [1.29, 1.82) is 0 Å². The molecule has 0 saturated carbocycles. The second-order valence-corrected chi connectivity index (χ2v) is 4.81. The molecule has 0 radical (unpaired) electrons. The maximum atomic E-state index is 13.7. The molecular formula is C13H15Cl2F2NO. The SMILES string of the molecule is CCC(N)Cc1cc(F)c(OCC(Cl)=CCl)c(F)c1. The Morgan fingerprint density at radius 1 is 1.42 bits per heavy atom. The molecule has 1 aromatic rings. The molecule has 1 aromatic carbocycles. The van der Waals surface area contributed by atoms with E-state index < -0.39 is 17.4 Å². The normalized spacial score (nSPS) is 13.5. The van der Waals surface area contributed by atoms with Crippen molar-refractivity contribution in [3.05, 3.63) is 39.9 Å². The number of halogens is 4. The fourth-order valence-corrected chi connectivity index (χ4v) is 1.61. The van der Waals surface area contributed by atoms with Crippen LogP contribution in [-0.4, -0.2) is 12.6 Å². The molecule has 1 atom stereocenters. The molecule has 0 aromatic heterocycles. The Kier molecular flexibility index (Phi) is 6.55. The molecule has 2 N–H and O–H groups in total. The fraction of sp³-hybridized carbons (Fsp3) is 0.385. The molecule has 0 spiro atoms. The van der Waals surface area contributed by atoms with Gasteiger partial charge in [0.1, 0.15) is 6.61 Å². The van der Waals surface area contributed by atoms with Crippen LogP contribution in [-0.2, 0) is 6.42 Å². The van der Waals surface area contributed by atoms with Gasteiger partial charge in [-0.3, -0.25) is 0 Å². The van der Waals surface area contributed by atoms with Gasteiger partial charge in [0.2, 0.25) is 0 Å². The molecule has 0 amide bonds. The number of rotatable bonds is 6. The van der Waals surface area contributed by atoms with E-state index in [1.54, 1.807) is 0 Å². The lowest BCUT2D eigenvalue weighted by Crippen LogP contribution is -2.21. The molecule has 1 rings (SSSR count). The lowest BCUT2D eigenvalue weighted by atomic mass is 10.0. The van der Waals surface area contributed by atoms with Crippen LogP contribution in [0.1, 0.15) is 18.9 Å². The molecule has 0 heterocycles. The van der Waals surface area contributed by atoms with Crippen molar-refractivity contribution in [2.45, 2.75) is 25.8 Å². The summed E-state index contributed by atoms with van der Waals surface area (Å²) in [6.45, 7) is 1.72. The number of nitrogens with two attached hydrogens (primary N) is 1. The predicted molar refractivity (Wildman–Crippen MR) is 73.6 cm³/mol. The van der Waals surface area contributed by atoms with E-state index in [0.717, 1.165) is 12.0 Å². The highest BCUT2D eigenvalue weighted by Gasteiger charge is 2.14. The number of ether oxygens (including phenoxy) is 1. The molecule has 0 bridgehead atoms. The van der Waals surface area contributed by atoms with E-state index in [0.29, 0.717) is 12.0 Å². The first-order valence-electron chi connectivity index (χ1n) is 5.79. The Balaban J connectivity index is 2.85. The van der Waals surface area contributed by atoms with E-state index in [9.17, 15) is 8.78 Å². The number of hydrogen-bond donors (Lipinski definition) is 1. The minimum absolute atomic E-state index is 0.126. The summed E-state index contributed by atoms with van der Waals surface area (Å²) in [4.78, 5) is 0. The van der Waals surface area contributed by atoms with Gasteiger partial charge in [0.05, 0.1) is 5.03 Å². The average Bonchev–Trinajstić information content (AvgIpc) is 2.37. The van der Waals surface area contributed by atoms with Crippen LogP contribution < -0.4 is 10.5 Å². The van der Waals surface area contributed by atoms with E-state index in [1.807, 2.05) is 6.92 Å². The Hall–Kier alpha value is -0.840. The summed E-state index contributed by atoms with van der Waals surface area (Å²) >= 11 is 10.9. The topological polar surface area (TPSA) is 35.2 Å². The van der Waals surface area contributed by atoms with Gasteiger partial charge in [0.15, 0.2) is 17.4 Å². The Morgan fingerprint density at radius 3 is 2.47 bits per heavy atom. The summed E-state index contributed by atoms with van der Waals surface area (Å²) in [5.41, 5.74) is 7.32. The van der Waals surface area contributed by atoms with Crippen LogP contribution in [0, 0.1) is 11.6 Å². The Bertz CT molecular complexity index is 443. The summed E-state index contributed by atoms with van der Waals surface area (Å²) in [7, 11) is 0.